The molecule has 1 amide bonds. The Morgan fingerprint density at radius 3 is 2.39 bits per heavy atom. The van der Waals surface area contributed by atoms with Crippen molar-refractivity contribution in [2.75, 3.05) is 13.1 Å². The van der Waals surface area contributed by atoms with Gasteiger partial charge in [-0.3, -0.25) is 4.79 Å². The maximum atomic E-state index is 13.5. The van der Waals surface area contributed by atoms with Crippen molar-refractivity contribution in [3.8, 4) is 0 Å². The van der Waals surface area contributed by atoms with Gasteiger partial charge in [-0.1, -0.05) is 69.5 Å². The highest BCUT2D eigenvalue weighted by Crippen LogP contribution is 2.26. The molecule has 0 fully saturated rings. The summed E-state index contributed by atoms with van der Waals surface area (Å²) in [6, 6.07) is 19.2. The molecule has 0 radical (unpaired) electrons. The van der Waals surface area contributed by atoms with Gasteiger partial charge in [0.15, 0.2) is 0 Å². The average Bonchev–Trinajstić information content (AvgIpc) is 2.80. The van der Waals surface area contributed by atoms with Crippen LogP contribution >= 0.6 is 39.1 Å². The van der Waals surface area contributed by atoms with Crippen LogP contribution in [0.4, 0.5) is 0 Å². The highest BCUT2D eigenvalue weighted by atomic mass is 79.9. The third-order valence-electron chi connectivity index (χ3n) is 5.61. The van der Waals surface area contributed by atoms with E-state index in [1.807, 2.05) is 18.2 Å². The number of hydrogen-bond donors (Lipinski definition) is 0. The van der Waals surface area contributed by atoms with E-state index >= 15 is 0 Å². The lowest BCUT2D eigenvalue weighted by atomic mass is 10.00. The fraction of sp³-hybridized carbons (Fsp3) is 0.208. The van der Waals surface area contributed by atoms with Crippen LogP contribution in [0.25, 0.3) is 0 Å². The van der Waals surface area contributed by atoms with Crippen LogP contribution in [0.15, 0.2) is 76.1 Å². The van der Waals surface area contributed by atoms with Crippen LogP contribution < -0.4 is 0 Å². The summed E-state index contributed by atoms with van der Waals surface area (Å²) in [5.41, 5.74) is 2.87. The molecule has 1 aliphatic rings. The number of rotatable bonds is 6. The summed E-state index contributed by atoms with van der Waals surface area (Å²) in [5, 5.41) is 0.798. The summed E-state index contributed by atoms with van der Waals surface area (Å²) in [4.78, 5) is 15.0. The molecule has 5 nitrogen and oxygen atoms in total. The quantitative estimate of drug-likeness (QED) is 0.393. The number of fused-ring (bicyclic) bond motifs is 1. The van der Waals surface area contributed by atoms with Crippen molar-refractivity contribution in [2.45, 2.75) is 24.4 Å². The average molecular weight is 568 g/mol. The molecule has 33 heavy (non-hydrogen) atoms. The van der Waals surface area contributed by atoms with Gasteiger partial charge in [0.05, 0.1) is 11.4 Å². The minimum atomic E-state index is -3.96. The Morgan fingerprint density at radius 2 is 1.70 bits per heavy atom. The number of carbonyl (C=O) groups excluding carboxylic acids is 1. The number of carbonyl (C=O) groups is 1. The van der Waals surface area contributed by atoms with Crippen molar-refractivity contribution < 1.29 is 13.2 Å². The summed E-state index contributed by atoms with van der Waals surface area (Å²) in [7, 11) is -3.96. The Hall–Kier alpha value is -1.90. The van der Waals surface area contributed by atoms with Crippen molar-refractivity contribution in [1.29, 1.82) is 0 Å². The SMILES string of the molecule is O=C(CN(Cc1ccc(Cl)cc1Cl)S(=O)(=O)c1ccc(Br)cc1)N1CCc2ccccc2C1. The number of sulfonamides is 1. The minimum absolute atomic E-state index is 0.0510. The second-order valence-electron chi connectivity index (χ2n) is 7.80. The molecular formula is C24H21BrCl2N2O3S. The topological polar surface area (TPSA) is 57.7 Å². The second kappa shape index (κ2) is 10.2. The van der Waals surface area contributed by atoms with E-state index in [2.05, 4.69) is 22.0 Å². The molecule has 0 atom stereocenters. The van der Waals surface area contributed by atoms with Gasteiger partial charge in [-0.05, 0) is 59.5 Å². The Kier molecular flexibility index (Phi) is 7.46. The Balaban J connectivity index is 1.62. The zero-order chi connectivity index (χ0) is 23.6. The number of benzene rings is 3. The molecule has 172 valence electrons. The van der Waals surface area contributed by atoms with E-state index in [0.717, 1.165) is 16.5 Å². The van der Waals surface area contributed by atoms with Crippen molar-refractivity contribution >= 4 is 55.1 Å². The molecule has 0 aliphatic carbocycles. The van der Waals surface area contributed by atoms with E-state index in [0.29, 0.717) is 28.7 Å². The van der Waals surface area contributed by atoms with Crippen molar-refractivity contribution in [2.24, 2.45) is 0 Å². The van der Waals surface area contributed by atoms with Crippen LogP contribution in [-0.2, 0) is 34.3 Å². The van der Waals surface area contributed by atoms with Gasteiger partial charge >= 0.3 is 0 Å². The molecule has 3 aromatic carbocycles. The minimum Gasteiger partial charge on any atom is -0.337 e. The van der Waals surface area contributed by atoms with Crippen molar-refractivity contribution in [3.63, 3.8) is 0 Å². The summed E-state index contributed by atoms with van der Waals surface area (Å²) in [6.07, 6.45) is 0.740. The lowest BCUT2D eigenvalue weighted by molar-refractivity contribution is -0.132. The van der Waals surface area contributed by atoms with Crippen LogP contribution in [0.5, 0.6) is 0 Å². The highest BCUT2D eigenvalue weighted by Gasteiger charge is 2.30. The van der Waals surface area contributed by atoms with E-state index in [1.165, 1.54) is 22.0 Å². The highest BCUT2D eigenvalue weighted by molar-refractivity contribution is 9.10. The van der Waals surface area contributed by atoms with Crippen LogP contribution in [0.3, 0.4) is 0 Å². The van der Waals surface area contributed by atoms with E-state index in [9.17, 15) is 13.2 Å². The van der Waals surface area contributed by atoms with Crippen molar-refractivity contribution in [1.82, 2.24) is 9.21 Å². The predicted molar refractivity (Wildman–Crippen MR) is 134 cm³/mol. The van der Waals surface area contributed by atoms with Gasteiger partial charge in [0.25, 0.3) is 0 Å². The fourth-order valence-electron chi connectivity index (χ4n) is 3.78. The third kappa shape index (κ3) is 5.61. The molecule has 0 N–H and O–H groups in total. The molecule has 1 heterocycles. The van der Waals surface area contributed by atoms with Gasteiger partial charge in [-0.2, -0.15) is 4.31 Å². The molecule has 0 saturated carbocycles. The van der Waals surface area contributed by atoms with Gasteiger partial charge < -0.3 is 4.90 Å². The van der Waals surface area contributed by atoms with Crippen LogP contribution in [0.1, 0.15) is 16.7 Å². The van der Waals surface area contributed by atoms with Crippen LogP contribution in [0.2, 0.25) is 10.0 Å². The van der Waals surface area contributed by atoms with E-state index in [-0.39, 0.29) is 23.9 Å². The van der Waals surface area contributed by atoms with Crippen LogP contribution in [-0.4, -0.2) is 36.6 Å². The van der Waals surface area contributed by atoms with E-state index in [4.69, 9.17) is 23.2 Å². The zero-order valence-corrected chi connectivity index (χ0v) is 21.5. The molecule has 0 saturated heterocycles. The summed E-state index contributed by atoms with van der Waals surface area (Å²) < 4.78 is 29.0. The monoisotopic (exact) mass is 566 g/mol. The predicted octanol–water partition coefficient (Wildman–Crippen LogP) is 5.53. The van der Waals surface area contributed by atoms with E-state index < -0.39 is 10.0 Å². The lowest BCUT2D eigenvalue weighted by Crippen LogP contribution is -2.44. The standard InChI is InChI=1S/C24H21BrCl2N2O3S/c25-20-6-9-22(10-7-20)33(31,32)29(15-19-5-8-21(26)13-23(19)27)16-24(30)28-12-11-17-3-1-2-4-18(17)14-28/h1-10,13H,11-12,14-16H2. The first kappa shape index (κ1) is 24.2. The maximum absolute atomic E-state index is 13.5. The van der Waals surface area contributed by atoms with Gasteiger partial charge in [0.2, 0.25) is 15.9 Å². The second-order valence-corrected chi connectivity index (χ2v) is 11.5. The number of hydrogen-bond acceptors (Lipinski definition) is 3. The van der Waals surface area contributed by atoms with Gasteiger partial charge in [-0.15, -0.1) is 0 Å². The largest absolute Gasteiger partial charge is 0.337 e. The Bertz CT molecular complexity index is 1280. The fourth-order valence-corrected chi connectivity index (χ4v) is 5.88. The first-order chi connectivity index (χ1) is 15.7. The summed E-state index contributed by atoms with van der Waals surface area (Å²) >= 11 is 15.6. The first-order valence-electron chi connectivity index (χ1n) is 10.3. The molecule has 0 unspecified atom stereocenters. The van der Waals surface area contributed by atoms with Gasteiger partial charge in [0.1, 0.15) is 0 Å². The Labute approximate surface area is 212 Å². The molecule has 3 aromatic rings. The number of nitrogens with zero attached hydrogens (tertiary/aromatic N) is 2. The summed E-state index contributed by atoms with van der Waals surface area (Å²) in [6.45, 7) is 0.663. The number of amides is 1. The molecule has 4 rings (SSSR count). The number of halogens is 3. The first-order valence-corrected chi connectivity index (χ1v) is 13.3. The molecule has 9 heteroatoms. The summed E-state index contributed by atoms with van der Waals surface area (Å²) in [5.74, 6) is -0.254. The van der Waals surface area contributed by atoms with Crippen LogP contribution in [0, 0.1) is 0 Å². The third-order valence-corrected chi connectivity index (χ3v) is 8.53. The Morgan fingerprint density at radius 1 is 1.00 bits per heavy atom. The maximum Gasteiger partial charge on any atom is 0.243 e. The molecule has 0 aromatic heterocycles. The normalized spacial score (nSPS) is 13.8. The smallest absolute Gasteiger partial charge is 0.243 e. The molecule has 0 bridgehead atoms. The van der Waals surface area contributed by atoms with Gasteiger partial charge in [0, 0.05) is 34.2 Å². The lowest BCUT2D eigenvalue weighted by Gasteiger charge is -2.31. The zero-order valence-electron chi connectivity index (χ0n) is 17.5. The van der Waals surface area contributed by atoms with Crippen molar-refractivity contribution in [3.05, 3.63) is 97.9 Å². The van der Waals surface area contributed by atoms with Gasteiger partial charge in [-0.25, -0.2) is 8.42 Å². The molecule has 0 spiro atoms. The van der Waals surface area contributed by atoms with E-state index in [1.54, 1.807) is 35.2 Å². The molecule has 1 aliphatic heterocycles. The molecular weight excluding hydrogens is 547 g/mol.